The molecular formula is C13H17N3S. The van der Waals surface area contributed by atoms with E-state index in [1.54, 1.807) is 17.5 Å². The number of thiazole rings is 1. The number of hydrogen-bond donors (Lipinski definition) is 1. The third kappa shape index (κ3) is 3.61. The largest absolute Gasteiger partial charge is 0.307 e. The average molecular weight is 247 g/mol. The van der Waals surface area contributed by atoms with E-state index >= 15 is 0 Å². The second kappa shape index (κ2) is 5.89. The molecule has 0 atom stereocenters. The van der Waals surface area contributed by atoms with Gasteiger partial charge in [0, 0.05) is 36.8 Å². The highest BCUT2D eigenvalue weighted by molar-refractivity contribution is 7.09. The molecule has 2 aromatic rings. The van der Waals surface area contributed by atoms with E-state index in [1.807, 2.05) is 12.3 Å². The van der Waals surface area contributed by atoms with Crippen LogP contribution in [0, 0.1) is 0 Å². The number of nitrogens with one attached hydrogen (secondary N) is 1. The lowest BCUT2D eigenvalue weighted by Crippen LogP contribution is -2.13. The molecule has 3 nitrogen and oxygen atoms in total. The molecule has 0 amide bonds. The number of pyridine rings is 1. The van der Waals surface area contributed by atoms with Gasteiger partial charge in [-0.2, -0.15) is 0 Å². The van der Waals surface area contributed by atoms with Crippen molar-refractivity contribution in [2.24, 2.45) is 0 Å². The maximum absolute atomic E-state index is 4.58. The van der Waals surface area contributed by atoms with Gasteiger partial charge in [-0.05, 0) is 11.6 Å². The smallest absolute Gasteiger partial charge is 0.0954 e. The monoisotopic (exact) mass is 247 g/mol. The van der Waals surface area contributed by atoms with Gasteiger partial charge in [0.25, 0.3) is 0 Å². The number of nitrogens with zero attached hydrogens (tertiary/aromatic N) is 2. The molecular weight excluding hydrogens is 230 g/mol. The molecule has 17 heavy (non-hydrogen) atoms. The van der Waals surface area contributed by atoms with Crippen LogP contribution in [0.15, 0.2) is 29.9 Å². The normalized spacial score (nSPS) is 11.0. The summed E-state index contributed by atoms with van der Waals surface area (Å²) in [5, 5.41) is 6.72. The molecule has 1 N–H and O–H groups in total. The van der Waals surface area contributed by atoms with Gasteiger partial charge in [0.2, 0.25) is 0 Å². The standard InChI is InChI=1S/C13H17N3S/c1-10(2)13-16-12(9-17-13)8-15-7-11-4-3-5-14-6-11/h3-6,9-10,15H,7-8H2,1-2H3. The maximum atomic E-state index is 4.58. The van der Waals surface area contributed by atoms with Gasteiger partial charge in [-0.25, -0.2) is 4.98 Å². The molecule has 2 aromatic heterocycles. The summed E-state index contributed by atoms with van der Waals surface area (Å²) in [7, 11) is 0. The Balaban J connectivity index is 1.82. The third-order valence-electron chi connectivity index (χ3n) is 2.42. The van der Waals surface area contributed by atoms with E-state index in [-0.39, 0.29) is 0 Å². The first kappa shape index (κ1) is 12.2. The van der Waals surface area contributed by atoms with Crippen molar-refractivity contribution in [1.29, 1.82) is 0 Å². The van der Waals surface area contributed by atoms with Crippen LogP contribution in [0.4, 0.5) is 0 Å². The third-order valence-corrected chi connectivity index (χ3v) is 3.62. The van der Waals surface area contributed by atoms with Gasteiger partial charge in [0.1, 0.15) is 0 Å². The molecule has 0 aliphatic carbocycles. The van der Waals surface area contributed by atoms with E-state index in [9.17, 15) is 0 Å². The minimum atomic E-state index is 0.520. The van der Waals surface area contributed by atoms with Crippen LogP contribution in [0.5, 0.6) is 0 Å². The van der Waals surface area contributed by atoms with Gasteiger partial charge in [0.05, 0.1) is 10.7 Å². The van der Waals surface area contributed by atoms with E-state index in [2.05, 4.69) is 40.6 Å². The van der Waals surface area contributed by atoms with Crippen molar-refractivity contribution < 1.29 is 0 Å². The first-order valence-corrected chi connectivity index (χ1v) is 6.67. The Morgan fingerprint density at radius 3 is 2.88 bits per heavy atom. The summed E-state index contributed by atoms with van der Waals surface area (Å²) in [6.45, 7) is 6.00. The summed E-state index contributed by atoms with van der Waals surface area (Å²) in [5.41, 5.74) is 2.33. The zero-order chi connectivity index (χ0) is 12.1. The first-order chi connectivity index (χ1) is 8.25. The van der Waals surface area contributed by atoms with E-state index in [0.29, 0.717) is 5.92 Å². The molecule has 0 saturated carbocycles. The highest BCUT2D eigenvalue weighted by Gasteiger charge is 2.05. The molecule has 0 bridgehead atoms. The molecule has 4 heteroatoms. The summed E-state index contributed by atoms with van der Waals surface area (Å²) >= 11 is 1.74. The number of rotatable bonds is 5. The van der Waals surface area contributed by atoms with Gasteiger partial charge in [-0.1, -0.05) is 19.9 Å². The Labute approximate surface area is 106 Å². The van der Waals surface area contributed by atoms with Crippen LogP contribution >= 0.6 is 11.3 Å². The van der Waals surface area contributed by atoms with E-state index in [1.165, 1.54) is 10.6 Å². The molecule has 0 aliphatic heterocycles. The second-order valence-corrected chi connectivity index (χ2v) is 5.19. The van der Waals surface area contributed by atoms with Crippen molar-refractivity contribution >= 4 is 11.3 Å². The Morgan fingerprint density at radius 2 is 2.24 bits per heavy atom. The Kier molecular flexibility index (Phi) is 4.23. The fourth-order valence-electron chi connectivity index (χ4n) is 1.51. The minimum Gasteiger partial charge on any atom is -0.307 e. The molecule has 0 fully saturated rings. The molecule has 90 valence electrons. The van der Waals surface area contributed by atoms with E-state index in [4.69, 9.17) is 0 Å². The zero-order valence-corrected chi connectivity index (χ0v) is 11.0. The molecule has 0 aliphatic rings. The topological polar surface area (TPSA) is 37.8 Å². The van der Waals surface area contributed by atoms with Crippen LogP contribution in [0.25, 0.3) is 0 Å². The van der Waals surface area contributed by atoms with Gasteiger partial charge >= 0.3 is 0 Å². The maximum Gasteiger partial charge on any atom is 0.0954 e. The number of aromatic nitrogens is 2. The van der Waals surface area contributed by atoms with Crippen molar-refractivity contribution in [2.75, 3.05) is 0 Å². The van der Waals surface area contributed by atoms with E-state index < -0.39 is 0 Å². The van der Waals surface area contributed by atoms with Crippen molar-refractivity contribution in [3.8, 4) is 0 Å². The van der Waals surface area contributed by atoms with Crippen molar-refractivity contribution in [3.05, 3.63) is 46.2 Å². The summed E-state index contributed by atoms with van der Waals surface area (Å²) in [4.78, 5) is 8.67. The molecule has 0 radical (unpaired) electrons. The van der Waals surface area contributed by atoms with Crippen molar-refractivity contribution in [2.45, 2.75) is 32.9 Å². The lowest BCUT2D eigenvalue weighted by atomic mass is 10.2. The van der Waals surface area contributed by atoms with Crippen LogP contribution in [-0.2, 0) is 13.1 Å². The second-order valence-electron chi connectivity index (χ2n) is 4.30. The minimum absolute atomic E-state index is 0.520. The van der Waals surface area contributed by atoms with Crippen LogP contribution in [-0.4, -0.2) is 9.97 Å². The van der Waals surface area contributed by atoms with Gasteiger partial charge < -0.3 is 5.32 Å². The summed E-state index contributed by atoms with van der Waals surface area (Å²) in [6.07, 6.45) is 3.67. The van der Waals surface area contributed by atoms with Crippen LogP contribution < -0.4 is 5.32 Å². The van der Waals surface area contributed by atoms with Gasteiger partial charge in [-0.3, -0.25) is 4.98 Å². The predicted octanol–water partition coefficient (Wildman–Crippen LogP) is 2.95. The Bertz CT molecular complexity index is 451. The quantitative estimate of drug-likeness (QED) is 0.882. The predicted molar refractivity (Wildman–Crippen MR) is 71.0 cm³/mol. The van der Waals surface area contributed by atoms with Crippen LogP contribution in [0.3, 0.4) is 0 Å². The SMILES string of the molecule is CC(C)c1nc(CNCc2cccnc2)cs1. The average Bonchev–Trinajstić information content (AvgIpc) is 2.79. The highest BCUT2D eigenvalue weighted by Crippen LogP contribution is 2.18. The van der Waals surface area contributed by atoms with Gasteiger partial charge in [-0.15, -0.1) is 11.3 Å². The van der Waals surface area contributed by atoms with Crippen molar-refractivity contribution in [1.82, 2.24) is 15.3 Å². The lowest BCUT2D eigenvalue weighted by Gasteiger charge is -2.02. The number of hydrogen-bond acceptors (Lipinski definition) is 4. The lowest BCUT2D eigenvalue weighted by molar-refractivity contribution is 0.676. The Morgan fingerprint density at radius 1 is 1.35 bits per heavy atom. The van der Waals surface area contributed by atoms with Gasteiger partial charge in [0.15, 0.2) is 0 Å². The van der Waals surface area contributed by atoms with Crippen molar-refractivity contribution in [3.63, 3.8) is 0 Å². The zero-order valence-electron chi connectivity index (χ0n) is 10.2. The van der Waals surface area contributed by atoms with Crippen LogP contribution in [0.2, 0.25) is 0 Å². The molecule has 0 saturated heterocycles. The molecule has 2 rings (SSSR count). The Hall–Kier alpha value is -1.26. The summed E-state index contributed by atoms with van der Waals surface area (Å²) < 4.78 is 0. The summed E-state index contributed by atoms with van der Waals surface area (Å²) in [6, 6.07) is 4.03. The molecule has 2 heterocycles. The fourth-order valence-corrected chi connectivity index (χ4v) is 2.34. The summed E-state index contributed by atoms with van der Waals surface area (Å²) in [5.74, 6) is 0.520. The first-order valence-electron chi connectivity index (χ1n) is 5.79. The molecule has 0 unspecified atom stereocenters. The highest BCUT2D eigenvalue weighted by atomic mass is 32.1. The fraction of sp³-hybridized carbons (Fsp3) is 0.385. The van der Waals surface area contributed by atoms with Crippen LogP contribution in [0.1, 0.15) is 36.0 Å². The molecule has 0 aromatic carbocycles. The van der Waals surface area contributed by atoms with E-state index in [0.717, 1.165) is 18.8 Å². The molecule has 0 spiro atoms.